The number of benzene rings is 3. The fourth-order valence-corrected chi connectivity index (χ4v) is 4.77. The summed E-state index contributed by atoms with van der Waals surface area (Å²) >= 11 is 7.24. The van der Waals surface area contributed by atoms with Gasteiger partial charge in [0.15, 0.2) is 5.17 Å². The van der Waals surface area contributed by atoms with Gasteiger partial charge in [-0.25, -0.2) is 4.99 Å². The highest BCUT2D eigenvalue weighted by Crippen LogP contribution is 2.33. The van der Waals surface area contributed by atoms with E-state index in [2.05, 4.69) is 10.3 Å². The van der Waals surface area contributed by atoms with Crippen molar-refractivity contribution in [3.63, 3.8) is 0 Å². The quantitative estimate of drug-likeness (QED) is 0.392. The Hall–Kier alpha value is -3.30. The minimum atomic E-state index is -4.47. The summed E-state index contributed by atoms with van der Waals surface area (Å²) in [7, 11) is 0. The molecular weight excluding hydrogens is 511 g/mol. The molecule has 1 atom stereocenters. The summed E-state index contributed by atoms with van der Waals surface area (Å²) in [6.07, 6.45) is -4.53. The summed E-state index contributed by atoms with van der Waals surface area (Å²) in [5.41, 5.74) is 1.65. The predicted octanol–water partition coefficient (Wildman–Crippen LogP) is 6.83. The fraction of sp³-hybridized carbons (Fsp3) is 0.192. The Balaban J connectivity index is 1.61. The maximum atomic E-state index is 13.1. The van der Waals surface area contributed by atoms with Crippen LogP contribution in [0.1, 0.15) is 23.1 Å². The molecule has 3 aromatic carbocycles. The van der Waals surface area contributed by atoms with Crippen molar-refractivity contribution >= 4 is 51.7 Å². The number of anilines is 1. The SMILES string of the molecule is Cc1ccc(NC(=O)[C@@H]2CC(=O)N(Cc3ccccc3)C(=Nc3ccc(C(F)(F)F)cc3)S2)cc1Cl. The van der Waals surface area contributed by atoms with Crippen LogP contribution in [0.2, 0.25) is 5.02 Å². The van der Waals surface area contributed by atoms with Gasteiger partial charge in [-0.3, -0.25) is 14.5 Å². The molecule has 5 nitrogen and oxygen atoms in total. The summed E-state index contributed by atoms with van der Waals surface area (Å²) < 4.78 is 38.9. The maximum Gasteiger partial charge on any atom is 0.416 e. The number of carbonyl (C=O) groups is 2. The van der Waals surface area contributed by atoms with Crippen LogP contribution in [0.5, 0.6) is 0 Å². The molecule has 0 spiro atoms. The lowest BCUT2D eigenvalue weighted by molar-refractivity contribution is -0.137. The molecule has 2 amide bonds. The maximum absolute atomic E-state index is 13.1. The summed E-state index contributed by atoms with van der Waals surface area (Å²) in [6, 6.07) is 18.7. The first kappa shape index (κ1) is 25.8. The number of aliphatic imine (C=N–C) groups is 1. The van der Waals surface area contributed by atoms with Crippen molar-refractivity contribution in [1.29, 1.82) is 0 Å². The normalized spacial score (nSPS) is 17.4. The van der Waals surface area contributed by atoms with Gasteiger partial charge in [0, 0.05) is 17.1 Å². The largest absolute Gasteiger partial charge is 0.416 e. The first-order chi connectivity index (χ1) is 17.1. The van der Waals surface area contributed by atoms with Gasteiger partial charge < -0.3 is 5.32 Å². The third kappa shape index (κ3) is 6.27. The van der Waals surface area contributed by atoms with E-state index in [0.717, 1.165) is 35.0 Å². The van der Waals surface area contributed by atoms with Gasteiger partial charge in [-0.2, -0.15) is 13.2 Å². The topological polar surface area (TPSA) is 61.8 Å². The lowest BCUT2D eigenvalue weighted by atomic mass is 10.2. The number of halogens is 4. The molecule has 1 heterocycles. The second kappa shape index (κ2) is 10.8. The number of nitrogens with one attached hydrogen (secondary N) is 1. The molecular formula is C26H21ClF3N3O2S. The molecule has 1 aliphatic rings. The number of carbonyl (C=O) groups excluding carboxylic acids is 2. The second-order valence-corrected chi connectivity index (χ2v) is 9.75. The molecule has 0 saturated carbocycles. The lowest BCUT2D eigenvalue weighted by Gasteiger charge is -2.32. The smallest absolute Gasteiger partial charge is 0.325 e. The Labute approximate surface area is 215 Å². The molecule has 4 rings (SSSR count). The van der Waals surface area contributed by atoms with E-state index in [-0.39, 0.29) is 29.7 Å². The third-order valence-electron chi connectivity index (χ3n) is 5.47. The van der Waals surface area contributed by atoms with Crippen molar-refractivity contribution in [2.24, 2.45) is 4.99 Å². The number of rotatable bonds is 5. The van der Waals surface area contributed by atoms with Gasteiger partial charge in [0.05, 0.1) is 17.8 Å². The molecule has 1 saturated heterocycles. The molecule has 1 N–H and O–H groups in total. The van der Waals surface area contributed by atoms with Crippen molar-refractivity contribution < 1.29 is 22.8 Å². The summed E-state index contributed by atoms with van der Waals surface area (Å²) in [5, 5.41) is 2.73. The van der Waals surface area contributed by atoms with Crippen LogP contribution in [-0.4, -0.2) is 27.1 Å². The van der Waals surface area contributed by atoms with Gasteiger partial charge in [0.1, 0.15) is 5.25 Å². The number of amidine groups is 1. The molecule has 186 valence electrons. The Bertz CT molecular complexity index is 1300. The van der Waals surface area contributed by atoms with Crippen molar-refractivity contribution in [3.8, 4) is 0 Å². The number of aryl methyl sites for hydroxylation is 1. The lowest BCUT2D eigenvalue weighted by Crippen LogP contribution is -2.44. The van der Waals surface area contributed by atoms with Crippen LogP contribution in [0.4, 0.5) is 24.5 Å². The van der Waals surface area contributed by atoms with Crippen molar-refractivity contribution in [2.75, 3.05) is 5.32 Å². The van der Waals surface area contributed by atoms with Crippen LogP contribution in [0.3, 0.4) is 0 Å². The average Bonchev–Trinajstić information content (AvgIpc) is 2.84. The molecule has 1 aliphatic heterocycles. The zero-order chi connectivity index (χ0) is 25.9. The number of hydrogen-bond donors (Lipinski definition) is 1. The van der Waals surface area contributed by atoms with Crippen LogP contribution in [0.25, 0.3) is 0 Å². The average molecular weight is 532 g/mol. The first-order valence-corrected chi connectivity index (χ1v) is 12.2. The van der Waals surface area contributed by atoms with Crippen LogP contribution in [0, 0.1) is 6.92 Å². The number of alkyl halides is 3. The van der Waals surface area contributed by atoms with Gasteiger partial charge in [0.2, 0.25) is 11.8 Å². The highest BCUT2D eigenvalue weighted by atomic mass is 35.5. The van der Waals surface area contributed by atoms with Gasteiger partial charge in [-0.1, -0.05) is 59.8 Å². The Morgan fingerprint density at radius 2 is 1.81 bits per heavy atom. The molecule has 0 bridgehead atoms. The van der Waals surface area contributed by atoms with E-state index in [0.29, 0.717) is 10.7 Å². The van der Waals surface area contributed by atoms with E-state index in [1.165, 1.54) is 17.0 Å². The first-order valence-electron chi connectivity index (χ1n) is 10.9. The number of thioether (sulfide) groups is 1. The molecule has 1 fully saturated rings. The Kier molecular flexibility index (Phi) is 7.70. The monoisotopic (exact) mass is 531 g/mol. The standard InChI is InChI=1S/C26H21ClF3N3O2S/c1-16-7-10-20(13-21(16)27)31-24(35)22-14-23(34)33(15-17-5-3-2-4-6-17)25(36-22)32-19-11-8-18(9-12-19)26(28,29)30/h2-13,22H,14-15H2,1H3,(H,31,35)/t22-/m0/s1. The molecule has 10 heteroatoms. The zero-order valence-corrected chi connectivity index (χ0v) is 20.6. The van der Waals surface area contributed by atoms with Crippen molar-refractivity contribution in [3.05, 3.63) is 94.5 Å². The van der Waals surface area contributed by atoms with E-state index in [4.69, 9.17) is 11.6 Å². The van der Waals surface area contributed by atoms with Gasteiger partial charge in [-0.15, -0.1) is 0 Å². The van der Waals surface area contributed by atoms with Crippen LogP contribution < -0.4 is 5.32 Å². The summed E-state index contributed by atoms with van der Waals surface area (Å²) in [5.74, 6) is -0.710. The van der Waals surface area contributed by atoms with Crippen molar-refractivity contribution in [2.45, 2.75) is 31.3 Å². The molecule has 3 aromatic rings. The van der Waals surface area contributed by atoms with E-state index >= 15 is 0 Å². The molecule has 36 heavy (non-hydrogen) atoms. The van der Waals surface area contributed by atoms with Gasteiger partial charge in [-0.05, 0) is 54.4 Å². The third-order valence-corrected chi connectivity index (χ3v) is 7.07. The minimum Gasteiger partial charge on any atom is -0.325 e. The number of nitrogens with zero attached hydrogens (tertiary/aromatic N) is 2. The molecule has 0 aliphatic carbocycles. The van der Waals surface area contributed by atoms with E-state index < -0.39 is 22.9 Å². The van der Waals surface area contributed by atoms with Crippen LogP contribution in [-0.2, 0) is 22.3 Å². The summed E-state index contributed by atoms with van der Waals surface area (Å²) in [6.45, 7) is 2.06. The fourth-order valence-electron chi connectivity index (χ4n) is 3.49. The molecule has 0 unspecified atom stereocenters. The van der Waals surface area contributed by atoms with Gasteiger partial charge >= 0.3 is 6.18 Å². The van der Waals surface area contributed by atoms with Crippen LogP contribution in [0.15, 0.2) is 77.8 Å². The van der Waals surface area contributed by atoms with E-state index in [1.807, 2.05) is 37.3 Å². The summed E-state index contributed by atoms with van der Waals surface area (Å²) in [4.78, 5) is 32.0. The number of amides is 2. The van der Waals surface area contributed by atoms with Gasteiger partial charge in [0.25, 0.3) is 0 Å². The highest BCUT2D eigenvalue weighted by molar-refractivity contribution is 8.15. The molecule has 0 aromatic heterocycles. The van der Waals surface area contributed by atoms with Crippen molar-refractivity contribution in [1.82, 2.24) is 4.90 Å². The highest BCUT2D eigenvalue weighted by Gasteiger charge is 2.36. The predicted molar refractivity (Wildman–Crippen MR) is 136 cm³/mol. The van der Waals surface area contributed by atoms with E-state index in [9.17, 15) is 22.8 Å². The Morgan fingerprint density at radius 1 is 1.11 bits per heavy atom. The minimum absolute atomic E-state index is 0.0606. The number of hydrogen-bond acceptors (Lipinski definition) is 4. The second-order valence-electron chi connectivity index (χ2n) is 8.17. The van der Waals surface area contributed by atoms with E-state index in [1.54, 1.807) is 18.2 Å². The van der Waals surface area contributed by atoms with Crippen LogP contribution >= 0.6 is 23.4 Å². The zero-order valence-electron chi connectivity index (χ0n) is 19.1. The molecule has 0 radical (unpaired) electrons. The Morgan fingerprint density at radius 3 is 2.44 bits per heavy atom.